The molecule has 1 saturated heterocycles. The van der Waals surface area contributed by atoms with E-state index in [1.54, 1.807) is 0 Å². The fourth-order valence-electron chi connectivity index (χ4n) is 2.51. The monoisotopic (exact) mass is 240 g/mol. The molecule has 1 heterocycles. The molecular weight excluding hydrogens is 208 g/mol. The zero-order valence-corrected chi connectivity index (χ0v) is 12.4. The lowest BCUT2D eigenvalue weighted by Crippen LogP contribution is -2.36. The van der Waals surface area contributed by atoms with Crippen LogP contribution in [0.25, 0.3) is 0 Å². The predicted octanol–water partition coefficient (Wildman–Crippen LogP) is 3.28. The van der Waals surface area contributed by atoms with Crippen molar-refractivity contribution < 1.29 is 0 Å². The minimum absolute atomic E-state index is 0.283. The van der Waals surface area contributed by atoms with Crippen LogP contribution in [0.2, 0.25) is 0 Å². The first-order chi connectivity index (χ1) is 7.97. The Bertz CT molecular complexity index is 196. The van der Waals surface area contributed by atoms with E-state index in [4.69, 9.17) is 0 Å². The Morgan fingerprint density at radius 2 is 1.82 bits per heavy atom. The molecule has 2 heteroatoms. The molecule has 1 unspecified atom stereocenters. The molecule has 0 aromatic heterocycles. The molecule has 1 aliphatic heterocycles. The third-order valence-corrected chi connectivity index (χ3v) is 3.56. The summed E-state index contributed by atoms with van der Waals surface area (Å²) in [5.41, 5.74) is 0.283. The van der Waals surface area contributed by atoms with E-state index in [9.17, 15) is 0 Å². The van der Waals surface area contributed by atoms with Crippen LogP contribution in [-0.4, -0.2) is 36.6 Å². The van der Waals surface area contributed by atoms with Crippen molar-refractivity contribution in [1.29, 1.82) is 0 Å². The van der Waals surface area contributed by atoms with Crippen molar-refractivity contribution in [2.24, 2.45) is 5.92 Å². The van der Waals surface area contributed by atoms with Crippen LogP contribution in [-0.2, 0) is 0 Å². The fraction of sp³-hybridized carbons (Fsp3) is 1.00. The van der Waals surface area contributed by atoms with E-state index in [1.807, 2.05) is 0 Å². The molecule has 0 aromatic rings. The maximum absolute atomic E-state index is 3.55. The fourth-order valence-corrected chi connectivity index (χ4v) is 2.51. The summed E-state index contributed by atoms with van der Waals surface area (Å²) in [7, 11) is 0. The number of unbranched alkanes of at least 4 members (excludes halogenated alkanes) is 3. The molecule has 0 spiro atoms. The molecule has 1 fully saturated rings. The Kier molecular flexibility index (Phi) is 6.50. The van der Waals surface area contributed by atoms with Crippen molar-refractivity contribution in [3.8, 4) is 0 Å². The summed E-state index contributed by atoms with van der Waals surface area (Å²) in [6, 6.07) is 0. The van der Waals surface area contributed by atoms with Crippen molar-refractivity contribution >= 4 is 0 Å². The van der Waals surface area contributed by atoms with Gasteiger partial charge in [-0.25, -0.2) is 0 Å². The first kappa shape index (κ1) is 15.0. The Balaban J connectivity index is 1.85. The van der Waals surface area contributed by atoms with Gasteiger partial charge in [0.15, 0.2) is 0 Å². The van der Waals surface area contributed by atoms with Gasteiger partial charge in [-0.2, -0.15) is 0 Å². The van der Waals surface area contributed by atoms with Crippen LogP contribution >= 0.6 is 0 Å². The number of hydrogen-bond acceptors (Lipinski definition) is 2. The van der Waals surface area contributed by atoms with Gasteiger partial charge >= 0.3 is 0 Å². The van der Waals surface area contributed by atoms with E-state index >= 15 is 0 Å². The van der Waals surface area contributed by atoms with Gasteiger partial charge in [-0.1, -0.05) is 19.8 Å². The van der Waals surface area contributed by atoms with Crippen molar-refractivity contribution in [3.63, 3.8) is 0 Å². The van der Waals surface area contributed by atoms with Gasteiger partial charge < -0.3 is 10.2 Å². The molecule has 0 radical (unpaired) electrons. The average molecular weight is 240 g/mol. The van der Waals surface area contributed by atoms with Gasteiger partial charge in [0.05, 0.1) is 0 Å². The Morgan fingerprint density at radius 1 is 1.12 bits per heavy atom. The van der Waals surface area contributed by atoms with Crippen LogP contribution in [0.3, 0.4) is 0 Å². The van der Waals surface area contributed by atoms with Crippen molar-refractivity contribution in [2.75, 3.05) is 26.2 Å². The zero-order valence-electron chi connectivity index (χ0n) is 12.4. The summed E-state index contributed by atoms with van der Waals surface area (Å²) >= 11 is 0. The lowest BCUT2D eigenvalue weighted by molar-refractivity contribution is 0.317. The van der Waals surface area contributed by atoms with Crippen LogP contribution in [0.5, 0.6) is 0 Å². The van der Waals surface area contributed by atoms with Crippen LogP contribution < -0.4 is 5.32 Å². The Morgan fingerprint density at radius 3 is 2.41 bits per heavy atom. The smallest absolute Gasteiger partial charge is 0.00965 e. The van der Waals surface area contributed by atoms with Gasteiger partial charge in [0.25, 0.3) is 0 Å². The molecule has 17 heavy (non-hydrogen) atoms. The SMILES string of the molecule is CC1CCN(CCCCCCNC(C)(C)C)C1. The lowest BCUT2D eigenvalue weighted by atomic mass is 10.1. The zero-order chi connectivity index (χ0) is 12.7. The summed E-state index contributed by atoms with van der Waals surface area (Å²) in [5.74, 6) is 0.936. The van der Waals surface area contributed by atoms with Crippen LogP contribution in [0.1, 0.15) is 59.8 Å². The van der Waals surface area contributed by atoms with E-state index in [0.717, 1.165) is 5.92 Å². The number of nitrogens with zero attached hydrogens (tertiary/aromatic N) is 1. The highest BCUT2D eigenvalue weighted by Crippen LogP contribution is 2.15. The second-order valence-electron chi connectivity index (χ2n) is 6.79. The third kappa shape index (κ3) is 7.77. The van der Waals surface area contributed by atoms with Gasteiger partial charge in [-0.3, -0.25) is 0 Å². The van der Waals surface area contributed by atoms with Crippen molar-refractivity contribution in [3.05, 3.63) is 0 Å². The number of nitrogens with one attached hydrogen (secondary N) is 1. The summed E-state index contributed by atoms with van der Waals surface area (Å²) in [5, 5.41) is 3.55. The minimum atomic E-state index is 0.283. The maximum atomic E-state index is 3.55. The van der Waals surface area contributed by atoms with E-state index in [0.29, 0.717) is 0 Å². The molecular formula is C15H32N2. The van der Waals surface area contributed by atoms with E-state index < -0.39 is 0 Å². The number of likely N-dealkylation sites (tertiary alicyclic amines) is 1. The summed E-state index contributed by atoms with van der Waals surface area (Å²) in [4.78, 5) is 2.64. The molecule has 0 bridgehead atoms. The average Bonchev–Trinajstić information content (AvgIpc) is 2.61. The number of rotatable bonds is 7. The highest BCUT2D eigenvalue weighted by atomic mass is 15.1. The van der Waals surface area contributed by atoms with E-state index in [-0.39, 0.29) is 5.54 Å². The first-order valence-corrected chi connectivity index (χ1v) is 7.45. The highest BCUT2D eigenvalue weighted by Gasteiger charge is 2.17. The summed E-state index contributed by atoms with van der Waals surface area (Å²) in [6.45, 7) is 14.3. The lowest BCUT2D eigenvalue weighted by Gasteiger charge is -2.20. The molecule has 2 nitrogen and oxygen atoms in total. The Hall–Kier alpha value is -0.0800. The largest absolute Gasteiger partial charge is 0.312 e. The van der Waals surface area contributed by atoms with Crippen molar-refractivity contribution in [2.45, 2.75) is 65.3 Å². The molecule has 1 N–H and O–H groups in total. The molecule has 1 aliphatic rings. The third-order valence-electron chi connectivity index (χ3n) is 3.56. The number of hydrogen-bond donors (Lipinski definition) is 1. The Labute approximate surface area is 108 Å². The molecule has 1 rings (SSSR count). The second kappa shape index (κ2) is 7.38. The topological polar surface area (TPSA) is 15.3 Å². The minimum Gasteiger partial charge on any atom is -0.312 e. The van der Waals surface area contributed by atoms with Gasteiger partial charge in [-0.15, -0.1) is 0 Å². The molecule has 0 amide bonds. The molecule has 1 atom stereocenters. The van der Waals surface area contributed by atoms with Gasteiger partial charge in [-0.05, 0) is 65.6 Å². The van der Waals surface area contributed by atoms with Gasteiger partial charge in [0, 0.05) is 12.1 Å². The second-order valence-corrected chi connectivity index (χ2v) is 6.79. The molecule has 0 saturated carbocycles. The van der Waals surface area contributed by atoms with Gasteiger partial charge in [0.2, 0.25) is 0 Å². The summed E-state index contributed by atoms with van der Waals surface area (Å²) in [6.07, 6.45) is 6.91. The molecule has 0 aromatic carbocycles. The quantitative estimate of drug-likeness (QED) is 0.687. The van der Waals surface area contributed by atoms with Crippen LogP contribution in [0.4, 0.5) is 0 Å². The van der Waals surface area contributed by atoms with Crippen LogP contribution in [0.15, 0.2) is 0 Å². The van der Waals surface area contributed by atoms with Crippen LogP contribution in [0, 0.1) is 5.92 Å². The predicted molar refractivity (Wildman–Crippen MR) is 76.4 cm³/mol. The highest BCUT2D eigenvalue weighted by molar-refractivity contribution is 4.72. The maximum Gasteiger partial charge on any atom is 0.00965 e. The van der Waals surface area contributed by atoms with E-state index in [1.165, 1.54) is 58.3 Å². The molecule has 102 valence electrons. The normalized spacial score (nSPS) is 22.2. The van der Waals surface area contributed by atoms with E-state index in [2.05, 4.69) is 37.9 Å². The summed E-state index contributed by atoms with van der Waals surface area (Å²) < 4.78 is 0. The van der Waals surface area contributed by atoms with Crippen molar-refractivity contribution in [1.82, 2.24) is 10.2 Å². The first-order valence-electron chi connectivity index (χ1n) is 7.45. The standard InChI is InChI=1S/C15H32N2/c1-14-9-12-17(13-14)11-8-6-5-7-10-16-15(2,3)4/h14,16H,5-13H2,1-4H3. The molecule has 0 aliphatic carbocycles. The van der Waals surface area contributed by atoms with Gasteiger partial charge in [0.1, 0.15) is 0 Å².